The molecule has 14 heteroatoms. The van der Waals surface area contributed by atoms with E-state index in [1.165, 1.54) is 0 Å². The third-order valence-corrected chi connectivity index (χ3v) is 13.9. The predicted molar refractivity (Wildman–Crippen MR) is 242 cm³/mol. The van der Waals surface area contributed by atoms with Crippen LogP contribution in [0.3, 0.4) is 0 Å². The van der Waals surface area contributed by atoms with Gasteiger partial charge in [-0.2, -0.15) is 0 Å². The number of rotatable bonds is 16. The maximum absolute atomic E-state index is 14.2. The maximum atomic E-state index is 14.2. The number of para-hydroxylation sites is 1. The molecule has 0 radical (unpaired) electrons. The molecule has 4 heterocycles. The highest BCUT2D eigenvalue weighted by Gasteiger charge is 2.38. The number of hydrogen-bond acceptors (Lipinski definition) is 11. The molecule has 0 saturated heterocycles. The van der Waals surface area contributed by atoms with Crippen LogP contribution in [0.2, 0.25) is 0 Å². The van der Waals surface area contributed by atoms with Crippen molar-refractivity contribution in [3.8, 4) is 23.0 Å². The second kappa shape index (κ2) is 17.6. The number of carbonyl (C=O) groups is 3. The van der Waals surface area contributed by atoms with Crippen molar-refractivity contribution in [1.29, 1.82) is 0 Å². The fourth-order valence-corrected chi connectivity index (χ4v) is 10.4. The first-order valence-electron chi connectivity index (χ1n) is 20.2. The molecule has 0 bridgehead atoms. The lowest BCUT2D eigenvalue weighted by molar-refractivity contribution is -0.116. The molecule has 2 atom stereocenters. The highest BCUT2D eigenvalue weighted by atomic mass is 33.1. The monoisotopic (exact) mass is 847 g/mol. The van der Waals surface area contributed by atoms with Crippen molar-refractivity contribution in [3.05, 3.63) is 89.0 Å². The largest absolute Gasteiger partial charge is 0.493 e. The molecule has 1 N–H and O–H groups in total. The Bertz CT molecular complexity index is 2380. The summed E-state index contributed by atoms with van der Waals surface area (Å²) in [7, 11) is 6.60. The molecule has 0 aliphatic carbocycles. The van der Waals surface area contributed by atoms with Crippen LogP contribution in [0.5, 0.6) is 23.0 Å². The second-order valence-corrected chi connectivity index (χ2v) is 18.9. The van der Waals surface area contributed by atoms with Gasteiger partial charge in [-0.15, -0.1) is 0 Å². The highest BCUT2D eigenvalue weighted by Crippen LogP contribution is 2.44. The topological polar surface area (TPSA) is 131 Å². The van der Waals surface area contributed by atoms with E-state index in [1.54, 1.807) is 65.0 Å². The molecule has 0 spiro atoms. The standard InChI is InChI=1S/C46H49N5O7S2/c1-46(2,60-59-5)16-15-43(52)49-30-14-13-29-20-32-27-48-36-25-42(40(56-4)23-34(36)45(54)51(32)38(29)21-30)58-18-10-6-9-17-57-41-24-35-33(22-39(41)55-3)44(53)50-31(26-47-35)19-28-11-7-8-12-37(28)50/h7-8,11-14,21-27,31-32H,6,9-10,15-20H2,1-5H3,(H,49,52)/t31-,32-/m0/s1. The lowest BCUT2D eigenvalue weighted by atomic mass is 10.1. The summed E-state index contributed by atoms with van der Waals surface area (Å²) in [6.07, 6.45) is 10.6. The van der Waals surface area contributed by atoms with Gasteiger partial charge < -0.3 is 24.3 Å². The van der Waals surface area contributed by atoms with Crippen molar-refractivity contribution >= 4 is 80.2 Å². The number of aliphatic imine (C=N–C) groups is 2. The average molecular weight is 848 g/mol. The van der Waals surface area contributed by atoms with Crippen LogP contribution in [0.15, 0.2) is 76.7 Å². The molecule has 4 aliphatic rings. The van der Waals surface area contributed by atoms with Gasteiger partial charge in [0.15, 0.2) is 23.0 Å². The smallest absolute Gasteiger partial charge is 0.261 e. The van der Waals surface area contributed by atoms with Crippen LogP contribution < -0.4 is 34.1 Å². The van der Waals surface area contributed by atoms with E-state index in [-0.39, 0.29) is 34.6 Å². The van der Waals surface area contributed by atoms with Crippen LogP contribution in [0.25, 0.3) is 0 Å². The minimum atomic E-state index is -0.260. The number of methoxy groups -OCH3 is 2. The Balaban J connectivity index is 0.854. The van der Waals surface area contributed by atoms with Gasteiger partial charge >= 0.3 is 0 Å². The Morgan fingerprint density at radius 3 is 1.90 bits per heavy atom. The fourth-order valence-electron chi connectivity index (χ4n) is 8.15. The molecule has 0 unspecified atom stereocenters. The van der Waals surface area contributed by atoms with Crippen molar-refractivity contribution < 1.29 is 33.3 Å². The van der Waals surface area contributed by atoms with E-state index in [2.05, 4.69) is 25.2 Å². The molecule has 60 heavy (non-hydrogen) atoms. The second-order valence-electron chi connectivity index (χ2n) is 15.8. The Hall–Kier alpha value is -5.47. The number of hydrogen-bond donors (Lipinski definition) is 1. The van der Waals surface area contributed by atoms with Gasteiger partial charge in [0.25, 0.3) is 11.8 Å². The number of benzene rings is 4. The number of carbonyl (C=O) groups excluding carboxylic acids is 3. The Kier molecular flexibility index (Phi) is 12.1. The van der Waals surface area contributed by atoms with Gasteiger partial charge in [-0.25, -0.2) is 0 Å². The van der Waals surface area contributed by atoms with Gasteiger partial charge in [0.1, 0.15) is 0 Å². The summed E-state index contributed by atoms with van der Waals surface area (Å²) in [5.41, 5.74) is 6.47. The number of nitrogens with one attached hydrogen (secondary N) is 1. The zero-order valence-electron chi connectivity index (χ0n) is 34.5. The van der Waals surface area contributed by atoms with E-state index in [4.69, 9.17) is 28.9 Å². The van der Waals surface area contributed by atoms with Crippen LogP contribution in [-0.2, 0) is 17.6 Å². The first kappa shape index (κ1) is 41.3. The van der Waals surface area contributed by atoms with Crippen LogP contribution >= 0.6 is 21.6 Å². The summed E-state index contributed by atoms with van der Waals surface area (Å²) in [4.78, 5) is 53.8. The van der Waals surface area contributed by atoms with Gasteiger partial charge in [0.05, 0.1) is 67.7 Å². The molecule has 0 aromatic heterocycles. The molecular formula is C46H49N5O7S2. The third kappa shape index (κ3) is 8.44. The summed E-state index contributed by atoms with van der Waals surface area (Å²) in [5.74, 6) is 1.63. The zero-order chi connectivity index (χ0) is 42.0. The number of fused-ring (bicyclic) bond motifs is 8. The van der Waals surface area contributed by atoms with Crippen LogP contribution in [0.4, 0.5) is 28.4 Å². The van der Waals surface area contributed by atoms with E-state index < -0.39 is 0 Å². The average Bonchev–Trinajstić information content (AvgIpc) is 3.72. The van der Waals surface area contributed by atoms with Gasteiger partial charge in [-0.05, 0) is 87.2 Å². The number of unbranched alkanes of at least 4 members (excludes halogenated alkanes) is 2. The van der Waals surface area contributed by atoms with Crippen LogP contribution in [0.1, 0.15) is 77.8 Å². The SMILES string of the molecule is COc1cc2c(cc1OCCCCCOc1cc3c(cc1OC)C(=O)N1c4cc(NC(=O)CCC(C)(C)SSC)ccc4C[C@H]1C=N3)N=C[C@@H]1Cc3ccccc3N1C2=O. The first-order valence-corrected chi connectivity index (χ1v) is 22.8. The van der Waals surface area contributed by atoms with Crippen molar-refractivity contribution in [2.45, 2.75) is 75.6 Å². The normalized spacial score (nSPS) is 17.1. The van der Waals surface area contributed by atoms with Crippen LogP contribution in [-0.4, -0.2) is 80.7 Å². The van der Waals surface area contributed by atoms with Gasteiger partial charge in [0, 0.05) is 59.9 Å². The maximum Gasteiger partial charge on any atom is 0.261 e. The molecular weight excluding hydrogens is 799 g/mol. The number of ether oxygens (including phenoxy) is 4. The van der Waals surface area contributed by atoms with Gasteiger partial charge in [-0.1, -0.05) is 45.9 Å². The molecule has 0 fully saturated rings. The quantitative estimate of drug-likeness (QED) is 0.0866. The molecule has 8 rings (SSSR count). The number of anilines is 3. The van der Waals surface area contributed by atoms with E-state index in [1.807, 2.05) is 60.0 Å². The van der Waals surface area contributed by atoms with Crippen molar-refractivity contribution in [1.82, 2.24) is 0 Å². The van der Waals surface area contributed by atoms with Crippen molar-refractivity contribution in [2.24, 2.45) is 9.98 Å². The summed E-state index contributed by atoms with van der Waals surface area (Å²) < 4.78 is 23.7. The minimum Gasteiger partial charge on any atom is -0.493 e. The van der Waals surface area contributed by atoms with Crippen LogP contribution in [0, 0.1) is 0 Å². The van der Waals surface area contributed by atoms with E-state index in [0.29, 0.717) is 77.2 Å². The molecule has 12 nitrogen and oxygen atoms in total. The van der Waals surface area contributed by atoms with E-state index >= 15 is 0 Å². The Morgan fingerprint density at radius 1 is 0.750 bits per heavy atom. The Labute approximate surface area is 358 Å². The minimum absolute atomic E-state index is 0.0106. The summed E-state index contributed by atoms with van der Waals surface area (Å²) in [6.45, 7) is 5.16. The Morgan fingerprint density at radius 2 is 1.32 bits per heavy atom. The molecule has 4 aliphatic heterocycles. The fraction of sp³-hybridized carbons (Fsp3) is 0.370. The highest BCUT2D eigenvalue weighted by molar-refractivity contribution is 8.76. The molecule has 3 amide bonds. The summed E-state index contributed by atoms with van der Waals surface area (Å²) in [6, 6.07) is 20.3. The molecule has 312 valence electrons. The van der Waals surface area contributed by atoms with Gasteiger partial charge in [0.2, 0.25) is 5.91 Å². The lowest BCUT2D eigenvalue weighted by Crippen LogP contribution is -2.37. The first-order chi connectivity index (χ1) is 29.1. The van der Waals surface area contributed by atoms with E-state index in [9.17, 15) is 14.4 Å². The van der Waals surface area contributed by atoms with Crippen molar-refractivity contribution in [3.63, 3.8) is 0 Å². The summed E-state index contributed by atoms with van der Waals surface area (Å²) >= 11 is 0. The number of nitrogens with zero attached hydrogens (tertiary/aromatic N) is 4. The number of amides is 3. The molecule has 4 aromatic carbocycles. The predicted octanol–water partition coefficient (Wildman–Crippen LogP) is 9.42. The zero-order valence-corrected chi connectivity index (χ0v) is 36.1. The molecule has 4 aromatic rings. The lowest BCUT2D eigenvalue weighted by Gasteiger charge is -2.23. The third-order valence-electron chi connectivity index (χ3n) is 11.2. The van der Waals surface area contributed by atoms with Gasteiger partial charge in [-0.3, -0.25) is 34.2 Å². The van der Waals surface area contributed by atoms with E-state index in [0.717, 1.165) is 54.6 Å². The molecule has 0 saturated carbocycles. The summed E-state index contributed by atoms with van der Waals surface area (Å²) in [5, 5.41) is 3.03. The van der Waals surface area contributed by atoms with Crippen molar-refractivity contribution in [2.75, 3.05) is 48.8 Å².